The zero-order valence-corrected chi connectivity index (χ0v) is 13.4. The van der Waals surface area contributed by atoms with Crippen molar-refractivity contribution < 1.29 is 0 Å². The van der Waals surface area contributed by atoms with Gasteiger partial charge in [0, 0.05) is 12.1 Å². The summed E-state index contributed by atoms with van der Waals surface area (Å²) in [4.78, 5) is 2.78. The average molecular weight is 286 g/mol. The van der Waals surface area contributed by atoms with Gasteiger partial charge in [-0.05, 0) is 70.1 Å². The molecule has 2 nitrogen and oxygen atoms in total. The van der Waals surface area contributed by atoms with Gasteiger partial charge in [0.05, 0.1) is 0 Å². The Balaban J connectivity index is 1.46. The molecule has 1 aromatic rings. The predicted molar refractivity (Wildman–Crippen MR) is 89.5 cm³/mol. The van der Waals surface area contributed by atoms with Gasteiger partial charge in [0.25, 0.3) is 0 Å². The first-order chi connectivity index (χ1) is 10.3. The first-order valence-electron chi connectivity index (χ1n) is 8.80. The molecule has 0 spiro atoms. The highest BCUT2D eigenvalue weighted by Gasteiger charge is 2.29. The Hall–Kier alpha value is -0.860. The molecule has 1 heterocycles. The molecule has 21 heavy (non-hydrogen) atoms. The Labute approximate surface area is 129 Å². The van der Waals surface area contributed by atoms with E-state index in [9.17, 15) is 0 Å². The zero-order chi connectivity index (χ0) is 14.5. The van der Waals surface area contributed by atoms with Crippen molar-refractivity contribution in [1.82, 2.24) is 10.2 Å². The summed E-state index contributed by atoms with van der Waals surface area (Å²) in [6.45, 7) is 2.64. The number of nitrogens with zero attached hydrogens (tertiary/aromatic N) is 1. The molecule has 0 radical (unpaired) electrons. The van der Waals surface area contributed by atoms with E-state index in [2.05, 4.69) is 47.6 Å². The molecule has 0 bridgehead atoms. The minimum Gasteiger partial charge on any atom is -0.317 e. The molecule has 1 aliphatic carbocycles. The molecule has 1 saturated carbocycles. The second-order valence-electron chi connectivity index (χ2n) is 6.98. The SMILES string of the molecule is CNC1CCCC(N2CCC(Cc3ccccc3)CC2)C1. The van der Waals surface area contributed by atoms with Crippen molar-refractivity contribution in [1.29, 1.82) is 0 Å². The third-order valence-corrected chi connectivity index (χ3v) is 5.59. The van der Waals surface area contributed by atoms with E-state index >= 15 is 0 Å². The maximum Gasteiger partial charge on any atom is 0.0110 e. The fraction of sp³-hybridized carbons (Fsp3) is 0.684. The number of benzene rings is 1. The smallest absolute Gasteiger partial charge is 0.0110 e. The van der Waals surface area contributed by atoms with E-state index in [-0.39, 0.29) is 0 Å². The van der Waals surface area contributed by atoms with Crippen LogP contribution in [0.1, 0.15) is 44.1 Å². The fourth-order valence-electron chi connectivity index (χ4n) is 4.23. The van der Waals surface area contributed by atoms with Crippen LogP contribution in [-0.2, 0) is 6.42 Å². The fourth-order valence-corrected chi connectivity index (χ4v) is 4.23. The molecule has 1 aliphatic heterocycles. The standard InChI is InChI=1S/C19H30N2/c1-20-18-8-5-9-19(15-18)21-12-10-17(11-13-21)14-16-6-3-2-4-7-16/h2-4,6-7,17-20H,5,8-15H2,1H3. The van der Waals surface area contributed by atoms with Crippen LogP contribution in [0.25, 0.3) is 0 Å². The van der Waals surface area contributed by atoms with E-state index in [1.165, 1.54) is 63.6 Å². The molecular weight excluding hydrogens is 256 g/mol. The van der Waals surface area contributed by atoms with E-state index in [0.717, 1.165) is 18.0 Å². The number of hydrogen-bond acceptors (Lipinski definition) is 2. The Morgan fingerprint density at radius 1 is 1.05 bits per heavy atom. The minimum atomic E-state index is 0.755. The van der Waals surface area contributed by atoms with Crippen molar-refractivity contribution in [3.8, 4) is 0 Å². The van der Waals surface area contributed by atoms with Crippen LogP contribution < -0.4 is 5.32 Å². The minimum absolute atomic E-state index is 0.755. The lowest BCUT2D eigenvalue weighted by Crippen LogP contribution is -2.46. The second-order valence-corrected chi connectivity index (χ2v) is 6.98. The van der Waals surface area contributed by atoms with Crippen LogP contribution in [0.2, 0.25) is 0 Å². The summed E-state index contributed by atoms with van der Waals surface area (Å²) >= 11 is 0. The molecule has 2 unspecified atom stereocenters. The highest BCUT2D eigenvalue weighted by Crippen LogP contribution is 2.28. The van der Waals surface area contributed by atoms with Gasteiger partial charge in [-0.15, -0.1) is 0 Å². The molecule has 1 N–H and O–H groups in total. The van der Waals surface area contributed by atoms with Gasteiger partial charge in [-0.2, -0.15) is 0 Å². The highest BCUT2D eigenvalue weighted by atomic mass is 15.2. The van der Waals surface area contributed by atoms with Crippen LogP contribution in [0.5, 0.6) is 0 Å². The third-order valence-electron chi connectivity index (χ3n) is 5.59. The Morgan fingerprint density at radius 3 is 2.52 bits per heavy atom. The number of likely N-dealkylation sites (tertiary alicyclic amines) is 1. The summed E-state index contributed by atoms with van der Waals surface area (Å²) in [5.74, 6) is 0.896. The molecule has 0 amide bonds. The van der Waals surface area contributed by atoms with Crippen molar-refractivity contribution in [2.75, 3.05) is 20.1 Å². The topological polar surface area (TPSA) is 15.3 Å². The second kappa shape index (κ2) is 7.42. The lowest BCUT2D eigenvalue weighted by atomic mass is 9.86. The van der Waals surface area contributed by atoms with E-state index in [1.807, 2.05) is 0 Å². The van der Waals surface area contributed by atoms with Crippen LogP contribution >= 0.6 is 0 Å². The Kier molecular flexibility index (Phi) is 5.32. The molecular formula is C19H30N2. The zero-order valence-electron chi connectivity index (χ0n) is 13.4. The first-order valence-corrected chi connectivity index (χ1v) is 8.80. The van der Waals surface area contributed by atoms with Gasteiger partial charge in [0.2, 0.25) is 0 Å². The van der Waals surface area contributed by atoms with E-state index in [1.54, 1.807) is 0 Å². The molecule has 2 heteroatoms. The van der Waals surface area contributed by atoms with Gasteiger partial charge < -0.3 is 10.2 Å². The average Bonchev–Trinajstić information content (AvgIpc) is 2.56. The summed E-state index contributed by atoms with van der Waals surface area (Å²) in [6.07, 6.45) is 9.60. The third kappa shape index (κ3) is 4.08. The maximum absolute atomic E-state index is 3.49. The van der Waals surface area contributed by atoms with E-state index in [0.29, 0.717) is 0 Å². The highest BCUT2D eigenvalue weighted by molar-refractivity contribution is 5.15. The van der Waals surface area contributed by atoms with Crippen molar-refractivity contribution >= 4 is 0 Å². The van der Waals surface area contributed by atoms with E-state index in [4.69, 9.17) is 0 Å². The molecule has 2 aliphatic rings. The van der Waals surface area contributed by atoms with Gasteiger partial charge in [-0.25, -0.2) is 0 Å². The van der Waals surface area contributed by atoms with Crippen LogP contribution in [-0.4, -0.2) is 37.1 Å². The maximum atomic E-state index is 3.49. The number of hydrogen-bond donors (Lipinski definition) is 1. The summed E-state index contributed by atoms with van der Waals surface area (Å²) in [6, 6.07) is 12.6. The number of piperidine rings is 1. The quantitative estimate of drug-likeness (QED) is 0.911. The van der Waals surface area contributed by atoms with Gasteiger partial charge in [-0.3, -0.25) is 0 Å². The monoisotopic (exact) mass is 286 g/mol. The predicted octanol–water partition coefficient (Wildman–Crippen LogP) is 3.47. The molecule has 1 saturated heterocycles. The van der Waals surface area contributed by atoms with Crippen LogP contribution in [0.3, 0.4) is 0 Å². The van der Waals surface area contributed by atoms with Crippen LogP contribution in [0.4, 0.5) is 0 Å². The molecule has 2 fully saturated rings. The number of rotatable bonds is 4. The van der Waals surface area contributed by atoms with Gasteiger partial charge in [0.1, 0.15) is 0 Å². The first kappa shape index (κ1) is 15.1. The van der Waals surface area contributed by atoms with Crippen molar-refractivity contribution in [3.63, 3.8) is 0 Å². The molecule has 116 valence electrons. The summed E-state index contributed by atoms with van der Waals surface area (Å²) < 4.78 is 0. The van der Waals surface area contributed by atoms with Crippen LogP contribution in [0.15, 0.2) is 30.3 Å². The summed E-state index contributed by atoms with van der Waals surface area (Å²) in [5, 5.41) is 3.49. The van der Waals surface area contributed by atoms with Crippen molar-refractivity contribution in [2.45, 2.75) is 57.0 Å². The Bertz CT molecular complexity index is 409. The lowest BCUT2D eigenvalue weighted by molar-refractivity contribution is 0.0974. The van der Waals surface area contributed by atoms with Crippen LogP contribution in [0, 0.1) is 5.92 Å². The van der Waals surface area contributed by atoms with Gasteiger partial charge >= 0.3 is 0 Å². The summed E-state index contributed by atoms with van der Waals surface area (Å²) in [7, 11) is 2.12. The molecule has 0 aromatic heterocycles. The summed E-state index contributed by atoms with van der Waals surface area (Å²) in [5.41, 5.74) is 1.52. The van der Waals surface area contributed by atoms with E-state index < -0.39 is 0 Å². The Morgan fingerprint density at radius 2 is 1.81 bits per heavy atom. The molecule has 1 aromatic carbocycles. The van der Waals surface area contributed by atoms with Crippen molar-refractivity contribution in [2.24, 2.45) is 5.92 Å². The largest absolute Gasteiger partial charge is 0.317 e. The van der Waals surface area contributed by atoms with Gasteiger partial charge in [0.15, 0.2) is 0 Å². The van der Waals surface area contributed by atoms with Gasteiger partial charge in [-0.1, -0.05) is 36.8 Å². The van der Waals surface area contributed by atoms with Crippen molar-refractivity contribution in [3.05, 3.63) is 35.9 Å². The normalized spacial score (nSPS) is 28.6. The lowest BCUT2D eigenvalue weighted by Gasteiger charge is -2.41. The number of nitrogens with one attached hydrogen (secondary N) is 1. The molecule has 2 atom stereocenters. The molecule has 3 rings (SSSR count).